The van der Waals surface area contributed by atoms with E-state index in [0.29, 0.717) is 23.3 Å². The minimum absolute atomic E-state index is 0.135. The van der Waals surface area contributed by atoms with E-state index >= 15 is 0 Å². The molecule has 1 aromatic rings. The minimum Gasteiger partial charge on any atom is -0.395 e. The van der Waals surface area contributed by atoms with Gasteiger partial charge in [0.05, 0.1) is 11.4 Å². The lowest BCUT2D eigenvalue weighted by Gasteiger charge is -2.22. The molecule has 0 radical (unpaired) electrons. The van der Waals surface area contributed by atoms with Gasteiger partial charge in [-0.3, -0.25) is 9.89 Å². The molecule has 2 fully saturated rings. The molecular formula is C12H18N4O. The van der Waals surface area contributed by atoms with Crippen LogP contribution in [0.15, 0.2) is 0 Å². The van der Waals surface area contributed by atoms with Crippen LogP contribution in [-0.4, -0.2) is 22.1 Å². The van der Waals surface area contributed by atoms with Crippen LogP contribution in [0.2, 0.25) is 0 Å². The van der Waals surface area contributed by atoms with Crippen molar-refractivity contribution in [1.29, 1.82) is 0 Å². The maximum Gasteiger partial charge on any atom is 0.274 e. The molecule has 17 heavy (non-hydrogen) atoms. The molecular weight excluding hydrogens is 216 g/mol. The number of H-pyrrole nitrogens is 1. The molecule has 5 nitrogen and oxygen atoms in total. The molecule has 92 valence electrons. The number of aromatic amines is 1. The Morgan fingerprint density at radius 1 is 1.47 bits per heavy atom. The van der Waals surface area contributed by atoms with Gasteiger partial charge in [0, 0.05) is 6.04 Å². The fourth-order valence-corrected chi connectivity index (χ4v) is 3.27. The van der Waals surface area contributed by atoms with Crippen molar-refractivity contribution < 1.29 is 4.79 Å². The molecule has 0 aromatic carbocycles. The number of aryl methyl sites for hydroxylation is 1. The quantitative estimate of drug-likeness (QED) is 0.719. The lowest BCUT2D eigenvalue weighted by atomic mass is 9.95. The van der Waals surface area contributed by atoms with Crippen molar-refractivity contribution in [1.82, 2.24) is 15.5 Å². The zero-order valence-corrected chi connectivity index (χ0v) is 9.99. The predicted molar refractivity (Wildman–Crippen MR) is 64.4 cm³/mol. The lowest BCUT2D eigenvalue weighted by molar-refractivity contribution is 0.0918. The summed E-state index contributed by atoms with van der Waals surface area (Å²) in [5.41, 5.74) is 7.35. The summed E-state index contributed by atoms with van der Waals surface area (Å²) in [6.45, 7) is 1.82. The smallest absolute Gasteiger partial charge is 0.274 e. The molecule has 1 aromatic heterocycles. The Balaban J connectivity index is 1.70. The van der Waals surface area contributed by atoms with Crippen LogP contribution in [0, 0.1) is 18.8 Å². The van der Waals surface area contributed by atoms with Gasteiger partial charge in [-0.25, -0.2) is 0 Å². The molecule has 4 N–H and O–H groups in total. The topological polar surface area (TPSA) is 83.8 Å². The third-order valence-corrected chi connectivity index (χ3v) is 4.26. The maximum absolute atomic E-state index is 12.0. The number of fused-ring (bicyclic) bond motifs is 2. The number of anilines is 1. The van der Waals surface area contributed by atoms with Crippen molar-refractivity contribution in [2.24, 2.45) is 11.8 Å². The number of nitrogens with zero attached hydrogens (tertiary/aromatic N) is 1. The van der Waals surface area contributed by atoms with E-state index in [2.05, 4.69) is 15.5 Å². The molecule has 5 heteroatoms. The zero-order valence-electron chi connectivity index (χ0n) is 9.99. The molecule has 2 saturated carbocycles. The number of hydrogen-bond donors (Lipinski definition) is 3. The second kappa shape index (κ2) is 3.75. The largest absolute Gasteiger partial charge is 0.395 e. The number of nitrogen functional groups attached to an aromatic ring is 1. The van der Waals surface area contributed by atoms with Crippen molar-refractivity contribution in [3.63, 3.8) is 0 Å². The van der Waals surface area contributed by atoms with Crippen molar-refractivity contribution in [3.05, 3.63) is 11.4 Å². The second-order valence-electron chi connectivity index (χ2n) is 5.37. The first-order valence-corrected chi connectivity index (χ1v) is 6.26. The highest BCUT2D eigenvalue weighted by molar-refractivity contribution is 5.97. The third kappa shape index (κ3) is 1.69. The van der Waals surface area contributed by atoms with Gasteiger partial charge in [-0.15, -0.1) is 0 Å². The molecule has 2 bridgehead atoms. The summed E-state index contributed by atoms with van der Waals surface area (Å²) in [5.74, 6) is 1.36. The van der Waals surface area contributed by atoms with Crippen molar-refractivity contribution in [2.75, 3.05) is 5.73 Å². The summed E-state index contributed by atoms with van der Waals surface area (Å²) >= 11 is 0. The van der Waals surface area contributed by atoms with E-state index in [0.717, 1.165) is 18.0 Å². The molecule has 0 saturated heterocycles. The van der Waals surface area contributed by atoms with Gasteiger partial charge >= 0.3 is 0 Å². The number of hydrogen-bond acceptors (Lipinski definition) is 3. The van der Waals surface area contributed by atoms with Crippen LogP contribution in [0.4, 0.5) is 5.69 Å². The standard InChI is InChI=1S/C12H18N4O/c1-6-10(13)11(16-15-6)12(17)14-9-5-7-2-3-8(9)4-7/h7-9H,2-5,13H2,1H3,(H,14,17)(H,15,16). The fourth-order valence-electron chi connectivity index (χ4n) is 3.27. The Kier molecular flexibility index (Phi) is 2.34. The van der Waals surface area contributed by atoms with Gasteiger partial charge in [-0.2, -0.15) is 5.10 Å². The Morgan fingerprint density at radius 2 is 2.29 bits per heavy atom. The van der Waals surface area contributed by atoms with Crippen LogP contribution in [0.25, 0.3) is 0 Å². The molecule has 3 unspecified atom stereocenters. The van der Waals surface area contributed by atoms with Gasteiger partial charge in [0.15, 0.2) is 5.69 Å². The minimum atomic E-state index is -0.135. The van der Waals surface area contributed by atoms with E-state index in [9.17, 15) is 4.79 Å². The monoisotopic (exact) mass is 234 g/mol. The molecule has 3 rings (SSSR count). The highest BCUT2D eigenvalue weighted by atomic mass is 16.2. The molecule has 1 amide bonds. The molecule has 3 atom stereocenters. The van der Waals surface area contributed by atoms with E-state index in [1.165, 1.54) is 19.3 Å². The van der Waals surface area contributed by atoms with E-state index < -0.39 is 0 Å². The Hall–Kier alpha value is -1.52. The molecule has 1 heterocycles. The van der Waals surface area contributed by atoms with Crippen LogP contribution >= 0.6 is 0 Å². The van der Waals surface area contributed by atoms with Gasteiger partial charge in [0.1, 0.15) is 0 Å². The van der Waals surface area contributed by atoms with Crippen LogP contribution in [0.1, 0.15) is 41.9 Å². The molecule has 0 spiro atoms. The zero-order chi connectivity index (χ0) is 12.0. The summed E-state index contributed by atoms with van der Waals surface area (Å²) in [5, 5.41) is 9.78. The van der Waals surface area contributed by atoms with Crippen LogP contribution in [-0.2, 0) is 0 Å². The Bertz CT molecular complexity index is 453. The maximum atomic E-state index is 12.0. The van der Waals surface area contributed by atoms with Crippen LogP contribution in [0.5, 0.6) is 0 Å². The van der Waals surface area contributed by atoms with E-state index in [1.54, 1.807) is 0 Å². The van der Waals surface area contributed by atoms with Gasteiger partial charge in [0.2, 0.25) is 0 Å². The molecule has 0 aliphatic heterocycles. The summed E-state index contributed by atoms with van der Waals surface area (Å²) in [7, 11) is 0. The number of rotatable bonds is 2. The first kappa shape index (κ1) is 10.6. The Labute approximate surface area is 100 Å². The average molecular weight is 234 g/mol. The van der Waals surface area contributed by atoms with E-state index in [1.807, 2.05) is 6.92 Å². The highest BCUT2D eigenvalue weighted by Gasteiger charge is 2.40. The summed E-state index contributed by atoms with van der Waals surface area (Å²) < 4.78 is 0. The predicted octanol–water partition coefficient (Wildman–Crippen LogP) is 1.22. The number of aromatic nitrogens is 2. The van der Waals surface area contributed by atoms with E-state index in [4.69, 9.17) is 5.73 Å². The van der Waals surface area contributed by atoms with Crippen molar-refractivity contribution in [3.8, 4) is 0 Å². The first-order valence-electron chi connectivity index (χ1n) is 6.26. The average Bonchev–Trinajstić information content (AvgIpc) is 2.96. The van der Waals surface area contributed by atoms with E-state index in [-0.39, 0.29) is 5.91 Å². The number of amides is 1. The number of carbonyl (C=O) groups is 1. The summed E-state index contributed by atoms with van der Waals surface area (Å²) in [6.07, 6.45) is 4.99. The van der Waals surface area contributed by atoms with Gasteiger partial charge in [-0.05, 0) is 38.0 Å². The van der Waals surface area contributed by atoms with Crippen molar-refractivity contribution in [2.45, 2.75) is 38.6 Å². The van der Waals surface area contributed by atoms with Crippen LogP contribution < -0.4 is 11.1 Å². The third-order valence-electron chi connectivity index (χ3n) is 4.26. The summed E-state index contributed by atoms with van der Waals surface area (Å²) in [4.78, 5) is 12.0. The second-order valence-corrected chi connectivity index (χ2v) is 5.37. The number of nitrogens with two attached hydrogens (primary N) is 1. The normalized spacial score (nSPS) is 30.8. The number of carbonyl (C=O) groups excluding carboxylic acids is 1. The van der Waals surface area contributed by atoms with Crippen molar-refractivity contribution >= 4 is 11.6 Å². The highest BCUT2D eigenvalue weighted by Crippen LogP contribution is 2.44. The SMILES string of the molecule is Cc1[nH]nc(C(=O)NC2CC3CCC2C3)c1N. The van der Waals surface area contributed by atoms with Crippen LogP contribution in [0.3, 0.4) is 0 Å². The summed E-state index contributed by atoms with van der Waals surface area (Å²) in [6, 6.07) is 0.331. The Morgan fingerprint density at radius 3 is 2.82 bits per heavy atom. The molecule has 2 aliphatic rings. The lowest BCUT2D eigenvalue weighted by Crippen LogP contribution is -2.38. The van der Waals surface area contributed by atoms with Gasteiger partial charge in [-0.1, -0.05) is 6.42 Å². The van der Waals surface area contributed by atoms with Gasteiger partial charge < -0.3 is 11.1 Å². The first-order chi connectivity index (χ1) is 8.15. The van der Waals surface area contributed by atoms with Gasteiger partial charge in [0.25, 0.3) is 5.91 Å². The number of nitrogens with one attached hydrogen (secondary N) is 2. The molecule has 2 aliphatic carbocycles. The fraction of sp³-hybridized carbons (Fsp3) is 0.667.